The molecular formula is C15H31Cl6Zr2-7. The van der Waals surface area contributed by atoms with Crippen molar-refractivity contribution in [2.75, 3.05) is 0 Å². The van der Waals surface area contributed by atoms with E-state index in [0.717, 1.165) is 12.8 Å². The minimum Gasteiger partial charge on any atom is -0.358 e. The minimum atomic E-state index is 0. The Morgan fingerprint density at radius 3 is 0.739 bits per heavy atom. The monoisotopic (exact) mass is 601 g/mol. The van der Waals surface area contributed by atoms with E-state index in [1.807, 2.05) is 24.3 Å². The molecular weight excluding hydrogens is 575 g/mol. The number of hydrogen-bond donors (Lipinski definition) is 0. The van der Waals surface area contributed by atoms with Crippen LogP contribution in [0.15, 0.2) is 36.5 Å². The summed E-state index contributed by atoms with van der Waals surface area (Å²) in [6.07, 6.45) is 20.0. The van der Waals surface area contributed by atoms with Crippen molar-refractivity contribution in [2.24, 2.45) is 0 Å². The van der Waals surface area contributed by atoms with Crippen LogP contribution in [-0.4, -0.2) is 0 Å². The van der Waals surface area contributed by atoms with Gasteiger partial charge >= 0.3 is 0 Å². The van der Waals surface area contributed by atoms with Gasteiger partial charge in [0.15, 0.2) is 0 Å². The second kappa shape index (κ2) is 86.7. The Bertz CT molecular complexity index is 166. The zero-order valence-electron chi connectivity index (χ0n) is 14.3. The van der Waals surface area contributed by atoms with Gasteiger partial charge < -0.3 is 37.1 Å². The van der Waals surface area contributed by atoms with Crippen molar-refractivity contribution in [1.82, 2.24) is 0 Å². The molecule has 0 heterocycles. The number of allylic oxidation sites excluding steroid dienone is 8. The van der Waals surface area contributed by atoms with Gasteiger partial charge in [-0.15, -0.1) is 87.3 Å². The van der Waals surface area contributed by atoms with Crippen LogP contribution in [0.5, 0.6) is 0 Å². The van der Waals surface area contributed by atoms with Gasteiger partial charge in [-0.2, -0.15) is 12.2 Å². The average molecular weight is 607 g/mol. The van der Waals surface area contributed by atoms with Crippen LogP contribution in [0.4, 0.5) is 0 Å². The molecule has 0 N–H and O–H groups in total. The molecule has 0 unspecified atom stereocenters. The van der Waals surface area contributed by atoms with Crippen molar-refractivity contribution in [1.29, 1.82) is 0 Å². The van der Waals surface area contributed by atoms with Crippen LogP contribution in [0, 0.1) is 49.3 Å². The van der Waals surface area contributed by atoms with Crippen LogP contribution in [0.3, 0.4) is 0 Å². The van der Waals surface area contributed by atoms with E-state index >= 15 is 0 Å². The maximum atomic E-state index is 2.99. The van der Waals surface area contributed by atoms with Crippen LogP contribution < -0.4 is 0 Å². The first kappa shape index (κ1) is 98.1. The average Bonchev–Trinajstić information content (AvgIpc) is 2.67. The molecule has 0 saturated heterocycles. The van der Waals surface area contributed by atoms with E-state index in [1.165, 1.54) is 0 Å². The Morgan fingerprint density at radius 2 is 0.696 bits per heavy atom. The number of rotatable bonds is 0. The van der Waals surface area contributed by atoms with E-state index in [4.69, 9.17) is 0 Å². The summed E-state index contributed by atoms with van der Waals surface area (Å²) in [4.78, 5) is 0. The summed E-state index contributed by atoms with van der Waals surface area (Å²) in [5.41, 5.74) is 0. The number of halogens is 6. The molecule has 148 valence electrons. The Labute approximate surface area is 223 Å². The third kappa shape index (κ3) is 79.5. The minimum absolute atomic E-state index is 0. The topological polar surface area (TPSA) is 0 Å². The first-order valence-corrected chi connectivity index (χ1v) is 3.43. The molecule has 2 rings (SSSR count). The Balaban J connectivity index is -0.00000000505. The Hall–Kier alpha value is 2.47. The van der Waals surface area contributed by atoms with Crippen molar-refractivity contribution < 1.29 is 52.4 Å². The standard InChI is InChI=1S/2C5H5.5CH3.6ClH.2Zr/c2*1-2-4-5-3-1;;;;;;;;;;;;;/h2*1-3H,4H2;5*1H3;6*1H;;/q7*-1;;;;;;;;. The van der Waals surface area contributed by atoms with Crippen LogP contribution in [0.25, 0.3) is 0 Å². The van der Waals surface area contributed by atoms with Gasteiger partial charge in [0.1, 0.15) is 0 Å². The molecule has 0 aromatic carbocycles. The largest absolute Gasteiger partial charge is 0.358 e. The van der Waals surface area contributed by atoms with Crippen molar-refractivity contribution in [3.8, 4) is 0 Å². The van der Waals surface area contributed by atoms with Crippen LogP contribution in [0.1, 0.15) is 12.8 Å². The van der Waals surface area contributed by atoms with Crippen LogP contribution in [0.2, 0.25) is 0 Å². The summed E-state index contributed by atoms with van der Waals surface area (Å²) in [6, 6.07) is 0. The summed E-state index contributed by atoms with van der Waals surface area (Å²) in [6.45, 7) is 0. The Morgan fingerprint density at radius 1 is 0.478 bits per heavy atom. The molecule has 0 radical (unpaired) electrons. The SMILES string of the molecule is Cl.Cl.Cl.Cl.Cl.Cl.[C-]1=CC=CC1.[C-]1=CC=CC1.[CH3-].[CH3-].[CH3-].[CH3-].[CH3-].[Zr].[Zr]. The predicted octanol–water partition coefficient (Wildman–Crippen LogP) is 7.39. The predicted molar refractivity (Wildman–Crippen MR) is 119 cm³/mol. The fourth-order valence-electron chi connectivity index (χ4n) is 0.680. The van der Waals surface area contributed by atoms with Crippen molar-refractivity contribution >= 4 is 74.4 Å². The fraction of sp³-hybridized carbons (Fsp3) is 0.133. The van der Waals surface area contributed by atoms with E-state index in [0.29, 0.717) is 0 Å². The zero-order valence-corrected chi connectivity index (χ0v) is 24.1. The molecule has 0 fully saturated rings. The summed E-state index contributed by atoms with van der Waals surface area (Å²) in [5.74, 6) is 0. The van der Waals surface area contributed by atoms with Crippen LogP contribution >= 0.6 is 74.4 Å². The quantitative estimate of drug-likeness (QED) is 0.253. The third-order valence-electron chi connectivity index (χ3n) is 1.17. The molecule has 0 aromatic heterocycles. The molecule has 0 saturated carbocycles. The fourth-order valence-corrected chi connectivity index (χ4v) is 0.680. The molecule has 0 aromatic rings. The van der Waals surface area contributed by atoms with Gasteiger partial charge in [-0.25, -0.2) is 24.3 Å². The maximum Gasteiger partial charge on any atom is 0 e. The van der Waals surface area contributed by atoms with E-state index < -0.39 is 0 Å². The molecule has 0 aliphatic heterocycles. The normalized spacial score (nSPS) is 7.65. The van der Waals surface area contributed by atoms with Gasteiger partial charge in [-0.1, -0.05) is 0 Å². The van der Waals surface area contributed by atoms with Crippen molar-refractivity contribution in [3.05, 3.63) is 85.7 Å². The molecule has 0 nitrogen and oxygen atoms in total. The summed E-state index contributed by atoms with van der Waals surface area (Å²) >= 11 is 0. The van der Waals surface area contributed by atoms with Gasteiger partial charge in [0, 0.05) is 52.4 Å². The van der Waals surface area contributed by atoms with Crippen LogP contribution in [-0.2, 0) is 52.4 Å². The molecule has 2 aliphatic rings. The van der Waals surface area contributed by atoms with Gasteiger partial charge in [-0.05, 0) is 0 Å². The van der Waals surface area contributed by atoms with Crippen molar-refractivity contribution in [2.45, 2.75) is 12.8 Å². The summed E-state index contributed by atoms with van der Waals surface area (Å²) < 4.78 is 0. The van der Waals surface area contributed by atoms with E-state index in [-0.39, 0.29) is 164 Å². The molecule has 0 amide bonds. The smallest absolute Gasteiger partial charge is 0 e. The zero-order chi connectivity index (χ0) is 7.07. The molecule has 0 atom stereocenters. The van der Waals surface area contributed by atoms with E-state index in [1.54, 1.807) is 0 Å². The van der Waals surface area contributed by atoms with E-state index in [9.17, 15) is 0 Å². The molecule has 0 bridgehead atoms. The maximum absolute atomic E-state index is 2.99. The van der Waals surface area contributed by atoms with E-state index in [2.05, 4.69) is 24.3 Å². The third-order valence-corrected chi connectivity index (χ3v) is 1.17. The Kier molecular flexibility index (Phi) is 370. The molecule has 2 aliphatic carbocycles. The first-order valence-electron chi connectivity index (χ1n) is 3.43. The van der Waals surface area contributed by atoms with Gasteiger partial charge in [0.25, 0.3) is 0 Å². The van der Waals surface area contributed by atoms with Gasteiger partial charge in [-0.3, -0.25) is 12.2 Å². The van der Waals surface area contributed by atoms with Gasteiger partial charge in [0.2, 0.25) is 0 Å². The number of hydrogen-bond acceptors (Lipinski definition) is 0. The van der Waals surface area contributed by atoms with Gasteiger partial charge in [0.05, 0.1) is 0 Å². The second-order valence-electron chi connectivity index (χ2n) is 2.01. The van der Waals surface area contributed by atoms with Crippen molar-refractivity contribution in [3.63, 3.8) is 0 Å². The second-order valence-corrected chi connectivity index (χ2v) is 2.01. The summed E-state index contributed by atoms with van der Waals surface area (Å²) in [7, 11) is 0. The first-order chi connectivity index (χ1) is 5.00. The molecule has 0 spiro atoms. The molecule has 23 heavy (non-hydrogen) atoms. The molecule has 8 heteroatoms. The summed E-state index contributed by atoms with van der Waals surface area (Å²) in [5, 5.41) is 0.